The maximum absolute atomic E-state index is 8.66. The summed E-state index contributed by atoms with van der Waals surface area (Å²) in [7, 11) is 2.07. The molecule has 0 aliphatic heterocycles. The number of fused-ring (bicyclic) bond motifs is 1. The summed E-state index contributed by atoms with van der Waals surface area (Å²) in [6, 6.07) is 8.45. The Hall–Kier alpha value is -1.75. The van der Waals surface area contributed by atoms with Crippen molar-refractivity contribution in [3.05, 3.63) is 35.0 Å². The van der Waals surface area contributed by atoms with E-state index in [0.29, 0.717) is 6.42 Å². The van der Waals surface area contributed by atoms with E-state index in [-0.39, 0.29) is 0 Å². The van der Waals surface area contributed by atoms with Crippen LogP contribution in [-0.4, -0.2) is 4.57 Å². The molecular weight excluding hydrogens is 184 g/mol. The largest absolute Gasteiger partial charge is 0.348 e. The van der Waals surface area contributed by atoms with E-state index in [4.69, 9.17) is 5.26 Å². The van der Waals surface area contributed by atoms with Crippen LogP contribution in [-0.2, 0) is 13.5 Å². The first-order valence-corrected chi connectivity index (χ1v) is 5.06. The molecule has 1 heterocycles. The Morgan fingerprint density at radius 1 is 1.33 bits per heavy atom. The summed E-state index contributed by atoms with van der Waals surface area (Å²) in [6.45, 7) is 4.26. The van der Waals surface area contributed by atoms with E-state index in [1.54, 1.807) is 0 Å². The molecule has 1 aromatic heterocycles. The summed E-state index contributed by atoms with van der Waals surface area (Å²) in [5.74, 6) is 0. The smallest absolute Gasteiger partial charge is 0.0669 e. The Balaban J connectivity index is 2.72. The fourth-order valence-electron chi connectivity index (χ4n) is 2.00. The van der Waals surface area contributed by atoms with Gasteiger partial charge in [0.05, 0.1) is 12.5 Å². The number of hydrogen-bond donors (Lipinski definition) is 0. The maximum atomic E-state index is 8.66. The van der Waals surface area contributed by atoms with Crippen molar-refractivity contribution in [2.24, 2.45) is 7.05 Å². The third kappa shape index (κ3) is 1.41. The van der Waals surface area contributed by atoms with Gasteiger partial charge in [0.2, 0.25) is 0 Å². The molecule has 0 unspecified atom stereocenters. The molecule has 0 aliphatic carbocycles. The lowest BCUT2D eigenvalue weighted by atomic mass is 10.1. The Morgan fingerprint density at radius 3 is 2.73 bits per heavy atom. The summed E-state index contributed by atoms with van der Waals surface area (Å²) in [6.07, 6.45) is 0.485. The number of rotatable bonds is 1. The monoisotopic (exact) mass is 198 g/mol. The molecule has 2 nitrogen and oxygen atoms in total. The van der Waals surface area contributed by atoms with Crippen molar-refractivity contribution >= 4 is 10.9 Å². The molecule has 15 heavy (non-hydrogen) atoms. The van der Waals surface area contributed by atoms with E-state index < -0.39 is 0 Å². The maximum Gasteiger partial charge on any atom is 0.0669 e. The third-order valence-electron chi connectivity index (χ3n) is 3.16. The highest BCUT2D eigenvalue weighted by molar-refractivity contribution is 5.85. The van der Waals surface area contributed by atoms with Gasteiger partial charge in [0.1, 0.15) is 0 Å². The predicted octanol–water partition coefficient (Wildman–Crippen LogP) is 2.86. The summed E-state index contributed by atoms with van der Waals surface area (Å²) < 4.78 is 2.19. The standard InChI is InChI=1S/C13H14N2/c1-9-10(2)15(3)13-8-11(6-7-14)4-5-12(9)13/h4-5,8H,6H2,1-3H3. The molecule has 2 rings (SSSR count). The highest BCUT2D eigenvalue weighted by Crippen LogP contribution is 2.24. The number of benzene rings is 1. The van der Waals surface area contributed by atoms with Crippen LogP contribution in [0.2, 0.25) is 0 Å². The van der Waals surface area contributed by atoms with Crippen LogP contribution in [0.25, 0.3) is 10.9 Å². The van der Waals surface area contributed by atoms with Gasteiger partial charge in [0.15, 0.2) is 0 Å². The Labute approximate surface area is 89.7 Å². The summed E-state index contributed by atoms with van der Waals surface area (Å²) in [4.78, 5) is 0. The van der Waals surface area contributed by atoms with Crippen LogP contribution in [0.5, 0.6) is 0 Å². The van der Waals surface area contributed by atoms with Crippen molar-refractivity contribution in [2.75, 3.05) is 0 Å². The fraction of sp³-hybridized carbons (Fsp3) is 0.308. The highest BCUT2D eigenvalue weighted by atomic mass is 14.9. The Bertz CT molecular complexity index is 556. The molecule has 0 saturated carbocycles. The molecule has 0 amide bonds. The second-order valence-corrected chi connectivity index (χ2v) is 3.96. The van der Waals surface area contributed by atoms with Crippen LogP contribution < -0.4 is 0 Å². The second kappa shape index (κ2) is 3.43. The molecule has 0 fully saturated rings. The SMILES string of the molecule is Cc1c(C)n(C)c2cc(CC#N)ccc12. The first kappa shape index (κ1) is 9.79. The van der Waals surface area contributed by atoms with Crippen molar-refractivity contribution in [1.29, 1.82) is 5.26 Å². The zero-order valence-corrected chi connectivity index (χ0v) is 9.33. The number of aryl methyl sites for hydroxylation is 2. The molecular formula is C13H14N2. The molecule has 0 atom stereocenters. The molecule has 76 valence electrons. The molecule has 0 spiro atoms. The van der Waals surface area contributed by atoms with E-state index in [2.05, 4.69) is 43.7 Å². The topological polar surface area (TPSA) is 28.7 Å². The number of nitrogens with zero attached hydrogens (tertiary/aromatic N) is 2. The van der Waals surface area contributed by atoms with Crippen molar-refractivity contribution in [3.63, 3.8) is 0 Å². The average Bonchev–Trinajstić information content (AvgIpc) is 2.45. The first-order chi connectivity index (χ1) is 7.15. The molecule has 0 N–H and O–H groups in total. The summed E-state index contributed by atoms with van der Waals surface area (Å²) in [5.41, 5.74) is 4.93. The van der Waals surface area contributed by atoms with E-state index in [1.807, 2.05) is 6.07 Å². The minimum Gasteiger partial charge on any atom is -0.348 e. The van der Waals surface area contributed by atoms with Gasteiger partial charge in [-0.25, -0.2) is 0 Å². The van der Waals surface area contributed by atoms with E-state index in [0.717, 1.165) is 5.56 Å². The zero-order valence-electron chi connectivity index (χ0n) is 9.33. The lowest BCUT2D eigenvalue weighted by molar-refractivity contribution is 0.909. The lowest BCUT2D eigenvalue weighted by Gasteiger charge is -2.00. The number of hydrogen-bond acceptors (Lipinski definition) is 1. The third-order valence-corrected chi connectivity index (χ3v) is 3.16. The van der Waals surface area contributed by atoms with Crippen LogP contribution in [0.4, 0.5) is 0 Å². The molecule has 0 bridgehead atoms. The normalized spacial score (nSPS) is 10.5. The zero-order chi connectivity index (χ0) is 11.0. The molecule has 0 radical (unpaired) electrons. The van der Waals surface area contributed by atoms with E-state index in [9.17, 15) is 0 Å². The van der Waals surface area contributed by atoms with Crippen LogP contribution in [0.15, 0.2) is 18.2 Å². The van der Waals surface area contributed by atoms with Crippen molar-refractivity contribution < 1.29 is 0 Å². The van der Waals surface area contributed by atoms with Gasteiger partial charge in [-0.1, -0.05) is 12.1 Å². The molecule has 0 aliphatic rings. The van der Waals surface area contributed by atoms with Crippen molar-refractivity contribution in [1.82, 2.24) is 4.57 Å². The van der Waals surface area contributed by atoms with Crippen LogP contribution in [0.3, 0.4) is 0 Å². The first-order valence-electron chi connectivity index (χ1n) is 5.06. The van der Waals surface area contributed by atoms with Gasteiger partial charge in [0, 0.05) is 23.6 Å². The van der Waals surface area contributed by atoms with Crippen molar-refractivity contribution in [2.45, 2.75) is 20.3 Å². The minimum absolute atomic E-state index is 0.485. The van der Waals surface area contributed by atoms with E-state index >= 15 is 0 Å². The minimum atomic E-state index is 0.485. The molecule has 2 aromatic rings. The number of nitriles is 1. The molecule has 2 heteroatoms. The average molecular weight is 198 g/mol. The highest BCUT2D eigenvalue weighted by Gasteiger charge is 2.07. The Morgan fingerprint density at radius 2 is 2.07 bits per heavy atom. The second-order valence-electron chi connectivity index (χ2n) is 3.96. The Kier molecular flexibility index (Phi) is 2.24. The number of aromatic nitrogens is 1. The van der Waals surface area contributed by atoms with Crippen LogP contribution in [0, 0.1) is 25.2 Å². The summed E-state index contributed by atoms with van der Waals surface area (Å²) in [5, 5.41) is 9.95. The van der Waals surface area contributed by atoms with Gasteiger partial charge in [0.25, 0.3) is 0 Å². The van der Waals surface area contributed by atoms with Gasteiger partial charge < -0.3 is 4.57 Å². The van der Waals surface area contributed by atoms with Crippen LogP contribution in [0.1, 0.15) is 16.8 Å². The van der Waals surface area contributed by atoms with Crippen LogP contribution >= 0.6 is 0 Å². The summed E-state index contributed by atoms with van der Waals surface area (Å²) >= 11 is 0. The van der Waals surface area contributed by atoms with Gasteiger partial charge >= 0.3 is 0 Å². The van der Waals surface area contributed by atoms with Gasteiger partial charge in [-0.15, -0.1) is 0 Å². The van der Waals surface area contributed by atoms with Crippen molar-refractivity contribution in [3.8, 4) is 6.07 Å². The molecule has 1 aromatic carbocycles. The van der Waals surface area contributed by atoms with Gasteiger partial charge in [-0.3, -0.25) is 0 Å². The predicted molar refractivity (Wildman–Crippen MR) is 61.7 cm³/mol. The van der Waals surface area contributed by atoms with E-state index in [1.165, 1.54) is 22.2 Å². The van der Waals surface area contributed by atoms with Gasteiger partial charge in [-0.2, -0.15) is 5.26 Å². The lowest BCUT2D eigenvalue weighted by Crippen LogP contribution is -1.91. The van der Waals surface area contributed by atoms with Gasteiger partial charge in [-0.05, 0) is 31.0 Å². The fourth-order valence-corrected chi connectivity index (χ4v) is 2.00. The quantitative estimate of drug-likeness (QED) is 0.692. The molecule has 0 saturated heterocycles.